The van der Waals surface area contributed by atoms with Crippen LogP contribution >= 0.6 is 0 Å². The number of rotatable bonds is 2. The van der Waals surface area contributed by atoms with Crippen molar-refractivity contribution in [2.75, 3.05) is 5.01 Å². The third kappa shape index (κ3) is 2.37. The Morgan fingerprint density at radius 3 is 2.42 bits per heavy atom. The molecule has 0 radical (unpaired) electrons. The molecule has 0 atom stereocenters. The average molecular weight is 352 g/mol. The third-order valence-electron chi connectivity index (χ3n) is 4.69. The molecule has 134 valence electrons. The van der Waals surface area contributed by atoms with Gasteiger partial charge in [0.15, 0.2) is 11.2 Å². The largest absolute Gasteiger partial charge is 0.332 e. The average Bonchev–Trinajstić information content (AvgIpc) is 2.99. The van der Waals surface area contributed by atoms with Gasteiger partial charge in [-0.05, 0) is 19.4 Å². The molecule has 1 aromatic carbocycles. The Morgan fingerprint density at radius 1 is 1.04 bits per heavy atom. The summed E-state index contributed by atoms with van der Waals surface area (Å²) in [5.74, 6) is 0.574. The van der Waals surface area contributed by atoms with Crippen LogP contribution in [0.25, 0.3) is 11.2 Å². The Balaban J connectivity index is 1.90. The Hall–Kier alpha value is -3.16. The van der Waals surface area contributed by atoms with Crippen LogP contribution in [-0.2, 0) is 27.2 Å². The van der Waals surface area contributed by atoms with Gasteiger partial charge in [-0.15, -0.1) is 0 Å². The van der Waals surface area contributed by atoms with E-state index in [0.29, 0.717) is 30.2 Å². The highest BCUT2D eigenvalue weighted by molar-refractivity contribution is 5.87. The molecule has 8 nitrogen and oxygen atoms in total. The number of imidazole rings is 1. The first-order valence-electron chi connectivity index (χ1n) is 8.40. The Bertz CT molecular complexity index is 1160. The molecule has 26 heavy (non-hydrogen) atoms. The van der Waals surface area contributed by atoms with Crippen LogP contribution in [0.3, 0.4) is 0 Å². The molecule has 1 aliphatic heterocycles. The van der Waals surface area contributed by atoms with Crippen LogP contribution < -0.4 is 16.3 Å². The van der Waals surface area contributed by atoms with Crippen LogP contribution in [0.15, 0.2) is 39.0 Å². The zero-order valence-corrected chi connectivity index (χ0v) is 15.2. The summed E-state index contributed by atoms with van der Waals surface area (Å²) in [5, 5.41) is 6.40. The van der Waals surface area contributed by atoms with Crippen molar-refractivity contribution in [1.82, 2.24) is 18.7 Å². The summed E-state index contributed by atoms with van der Waals surface area (Å²) < 4.78 is 4.36. The molecule has 0 bridgehead atoms. The fourth-order valence-electron chi connectivity index (χ4n) is 3.27. The van der Waals surface area contributed by atoms with E-state index in [1.807, 2.05) is 18.4 Å². The van der Waals surface area contributed by atoms with Crippen LogP contribution in [0.1, 0.15) is 18.1 Å². The van der Waals surface area contributed by atoms with Crippen molar-refractivity contribution in [1.29, 1.82) is 0 Å². The fourth-order valence-corrected chi connectivity index (χ4v) is 3.27. The number of hydrogen-bond acceptors (Lipinski definition) is 5. The molecule has 3 aromatic rings. The molecule has 3 heterocycles. The molecule has 0 N–H and O–H groups in total. The van der Waals surface area contributed by atoms with Crippen molar-refractivity contribution >= 4 is 22.8 Å². The topological polar surface area (TPSA) is 77.4 Å². The van der Waals surface area contributed by atoms with E-state index in [9.17, 15) is 9.59 Å². The number of hydrogen-bond donors (Lipinski definition) is 0. The van der Waals surface area contributed by atoms with Gasteiger partial charge in [-0.3, -0.25) is 18.5 Å². The lowest BCUT2D eigenvalue weighted by Gasteiger charge is -2.25. The van der Waals surface area contributed by atoms with E-state index in [1.54, 1.807) is 12.1 Å². The molecule has 4 rings (SSSR count). The van der Waals surface area contributed by atoms with Crippen molar-refractivity contribution in [2.24, 2.45) is 19.2 Å². The van der Waals surface area contributed by atoms with E-state index in [0.717, 1.165) is 15.8 Å². The van der Waals surface area contributed by atoms with Gasteiger partial charge in [0.2, 0.25) is 5.95 Å². The first-order valence-corrected chi connectivity index (χ1v) is 8.40. The molecule has 2 aromatic heterocycles. The van der Waals surface area contributed by atoms with E-state index < -0.39 is 0 Å². The third-order valence-corrected chi connectivity index (χ3v) is 4.69. The SMILES string of the molecule is CC1=NN(Cc2ccc(C)cc2)c2nc3c(c(=O)n(C)c(=O)n3C)n2C1. The van der Waals surface area contributed by atoms with Gasteiger partial charge in [-0.25, -0.2) is 9.80 Å². The van der Waals surface area contributed by atoms with Gasteiger partial charge in [-0.2, -0.15) is 10.1 Å². The van der Waals surface area contributed by atoms with Crippen molar-refractivity contribution in [3.8, 4) is 0 Å². The summed E-state index contributed by atoms with van der Waals surface area (Å²) >= 11 is 0. The zero-order chi connectivity index (χ0) is 18.6. The summed E-state index contributed by atoms with van der Waals surface area (Å²) in [7, 11) is 3.11. The number of nitrogens with zero attached hydrogens (tertiary/aromatic N) is 6. The first kappa shape index (κ1) is 16.3. The second kappa shape index (κ2) is 5.69. The van der Waals surface area contributed by atoms with Crippen LogP contribution in [0.5, 0.6) is 0 Å². The van der Waals surface area contributed by atoms with Gasteiger partial charge in [0.25, 0.3) is 5.56 Å². The maximum atomic E-state index is 12.7. The summed E-state index contributed by atoms with van der Waals surface area (Å²) in [5.41, 5.74) is 3.24. The van der Waals surface area contributed by atoms with Crippen molar-refractivity contribution in [3.05, 3.63) is 56.2 Å². The van der Waals surface area contributed by atoms with Gasteiger partial charge in [-0.1, -0.05) is 29.8 Å². The predicted molar refractivity (Wildman–Crippen MR) is 101 cm³/mol. The van der Waals surface area contributed by atoms with Crippen LogP contribution in [0.2, 0.25) is 0 Å². The minimum absolute atomic E-state index is 0.341. The quantitative estimate of drug-likeness (QED) is 0.693. The minimum atomic E-state index is -0.388. The lowest BCUT2D eigenvalue weighted by molar-refractivity contribution is 0.698. The molecule has 0 amide bonds. The molecule has 0 saturated carbocycles. The molecule has 1 aliphatic rings. The number of aryl methyl sites for hydroxylation is 2. The summed E-state index contributed by atoms with van der Waals surface area (Å²) in [4.78, 5) is 29.5. The van der Waals surface area contributed by atoms with Crippen LogP contribution in [0, 0.1) is 6.92 Å². The Kier molecular flexibility index (Phi) is 3.57. The first-order chi connectivity index (χ1) is 12.4. The van der Waals surface area contributed by atoms with Gasteiger partial charge < -0.3 is 0 Å². The Labute approximate surface area is 149 Å². The van der Waals surface area contributed by atoms with E-state index in [2.05, 4.69) is 34.4 Å². The highest BCUT2D eigenvalue weighted by atomic mass is 16.2. The number of benzene rings is 1. The second-order valence-corrected chi connectivity index (χ2v) is 6.75. The maximum absolute atomic E-state index is 12.7. The lowest BCUT2D eigenvalue weighted by atomic mass is 10.1. The van der Waals surface area contributed by atoms with Crippen molar-refractivity contribution in [2.45, 2.75) is 26.9 Å². The van der Waals surface area contributed by atoms with Crippen molar-refractivity contribution < 1.29 is 0 Å². The Morgan fingerprint density at radius 2 is 1.73 bits per heavy atom. The maximum Gasteiger partial charge on any atom is 0.332 e. The molecular formula is C18H20N6O2. The van der Waals surface area contributed by atoms with Crippen molar-refractivity contribution in [3.63, 3.8) is 0 Å². The molecule has 0 spiro atoms. The second-order valence-electron chi connectivity index (χ2n) is 6.75. The molecule has 0 saturated heterocycles. The van der Waals surface area contributed by atoms with Gasteiger partial charge in [0.1, 0.15) is 0 Å². The van der Waals surface area contributed by atoms with Crippen LogP contribution in [-0.4, -0.2) is 24.4 Å². The fraction of sp³-hybridized carbons (Fsp3) is 0.333. The molecular weight excluding hydrogens is 332 g/mol. The zero-order valence-electron chi connectivity index (χ0n) is 15.2. The number of anilines is 1. The minimum Gasteiger partial charge on any atom is -0.297 e. The van der Waals surface area contributed by atoms with Gasteiger partial charge in [0, 0.05) is 14.1 Å². The molecule has 0 unspecified atom stereocenters. The summed E-state index contributed by atoms with van der Waals surface area (Å²) in [6.07, 6.45) is 0. The van der Waals surface area contributed by atoms with Gasteiger partial charge >= 0.3 is 5.69 Å². The van der Waals surface area contributed by atoms with E-state index in [4.69, 9.17) is 0 Å². The monoisotopic (exact) mass is 352 g/mol. The predicted octanol–water partition coefficient (Wildman–Crippen LogP) is 1.14. The molecule has 0 aliphatic carbocycles. The number of hydrazone groups is 1. The van der Waals surface area contributed by atoms with E-state index in [1.165, 1.54) is 17.2 Å². The smallest absolute Gasteiger partial charge is 0.297 e. The molecule has 8 heteroatoms. The van der Waals surface area contributed by atoms with Crippen LogP contribution in [0.4, 0.5) is 5.95 Å². The summed E-state index contributed by atoms with van der Waals surface area (Å²) in [6, 6.07) is 8.21. The molecule has 0 fully saturated rings. The standard InChI is InChI=1S/C18H20N6O2/c1-11-5-7-13(8-6-11)10-24-17-19-15-14(23(17)9-12(2)20-24)16(25)22(4)18(26)21(15)3/h5-8H,9-10H2,1-4H3. The summed E-state index contributed by atoms with van der Waals surface area (Å²) in [6.45, 7) is 4.98. The number of fused-ring (bicyclic) bond motifs is 3. The van der Waals surface area contributed by atoms with Gasteiger partial charge in [0.05, 0.1) is 18.8 Å². The van der Waals surface area contributed by atoms with E-state index >= 15 is 0 Å². The number of aromatic nitrogens is 4. The highest BCUT2D eigenvalue weighted by Gasteiger charge is 2.26. The highest BCUT2D eigenvalue weighted by Crippen LogP contribution is 2.25. The van der Waals surface area contributed by atoms with E-state index in [-0.39, 0.29) is 11.2 Å². The lowest BCUT2D eigenvalue weighted by Crippen LogP contribution is -2.38. The normalized spacial score (nSPS) is 13.8.